The van der Waals surface area contributed by atoms with Gasteiger partial charge in [0.2, 0.25) is 5.91 Å². The van der Waals surface area contributed by atoms with Gasteiger partial charge in [0.05, 0.1) is 13.2 Å². The standard InChI is InChI=1S/C13H24N2O2/c1-4-6-13(11-16)7-5-8-15(10-13)12(17)9-14(2)3/h4,16H,1,5-11H2,2-3H3/t13-/m1/s1. The van der Waals surface area contributed by atoms with Crippen molar-refractivity contribution in [2.24, 2.45) is 5.41 Å². The number of likely N-dealkylation sites (tertiary alicyclic amines) is 1. The van der Waals surface area contributed by atoms with E-state index in [0.29, 0.717) is 13.1 Å². The van der Waals surface area contributed by atoms with Crippen LogP contribution in [0.5, 0.6) is 0 Å². The molecule has 0 aliphatic carbocycles. The molecule has 0 spiro atoms. The van der Waals surface area contributed by atoms with Crippen molar-refractivity contribution in [3.05, 3.63) is 12.7 Å². The Labute approximate surface area is 104 Å². The highest BCUT2D eigenvalue weighted by Gasteiger charge is 2.35. The molecule has 0 saturated carbocycles. The molecule has 1 rings (SSSR count). The molecule has 1 atom stereocenters. The van der Waals surface area contributed by atoms with Crippen molar-refractivity contribution in [3.63, 3.8) is 0 Å². The Morgan fingerprint density at radius 2 is 2.29 bits per heavy atom. The Hall–Kier alpha value is -0.870. The summed E-state index contributed by atoms with van der Waals surface area (Å²) in [4.78, 5) is 15.8. The fraction of sp³-hybridized carbons (Fsp3) is 0.769. The molecule has 0 aromatic heterocycles. The summed E-state index contributed by atoms with van der Waals surface area (Å²) in [7, 11) is 3.79. The van der Waals surface area contributed by atoms with E-state index >= 15 is 0 Å². The minimum Gasteiger partial charge on any atom is -0.396 e. The van der Waals surface area contributed by atoms with Crippen LogP contribution in [0, 0.1) is 5.41 Å². The van der Waals surface area contributed by atoms with Gasteiger partial charge in [0.25, 0.3) is 0 Å². The molecule has 4 nitrogen and oxygen atoms in total. The van der Waals surface area contributed by atoms with Crippen LogP contribution in [0.25, 0.3) is 0 Å². The number of aliphatic hydroxyl groups excluding tert-OH is 1. The van der Waals surface area contributed by atoms with Crippen molar-refractivity contribution in [2.45, 2.75) is 19.3 Å². The van der Waals surface area contributed by atoms with Crippen molar-refractivity contribution in [1.29, 1.82) is 0 Å². The number of hydrogen-bond acceptors (Lipinski definition) is 3. The van der Waals surface area contributed by atoms with E-state index in [1.165, 1.54) is 0 Å². The molecule has 1 saturated heterocycles. The number of carbonyl (C=O) groups excluding carboxylic acids is 1. The lowest BCUT2D eigenvalue weighted by Gasteiger charge is -2.41. The smallest absolute Gasteiger partial charge is 0.236 e. The molecule has 1 fully saturated rings. The van der Waals surface area contributed by atoms with Gasteiger partial charge < -0.3 is 14.9 Å². The number of amides is 1. The number of carbonyl (C=O) groups is 1. The topological polar surface area (TPSA) is 43.8 Å². The van der Waals surface area contributed by atoms with Crippen molar-refractivity contribution in [3.8, 4) is 0 Å². The molecular weight excluding hydrogens is 216 g/mol. The average Bonchev–Trinajstić information content (AvgIpc) is 2.29. The summed E-state index contributed by atoms with van der Waals surface area (Å²) < 4.78 is 0. The monoisotopic (exact) mass is 240 g/mol. The normalized spacial score (nSPS) is 25.1. The Morgan fingerprint density at radius 1 is 1.59 bits per heavy atom. The van der Waals surface area contributed by atoms with E-state index in [9.17, 15) is 9.90 Å². The van der Waals surface area contributed by atoms with E-state index in [1.807, 2.05) is 30.0 Å². The number of nitrogens with zero attached hydrogens (tertiary/aromatic N) is 2. The lowest BCUT2D eigenvalue weighted by Crippen LogP contribution is -2.49. The highest BCUT2D eigenvalue weighted by molar-refractivity contribution is 5.78. The van der Waals surface area contributed by atoms with Crippen LogP contribution in [0.1, 0.15) is 19.3 Å². The first kappa shape index (κ1) is 14.2. The Kier molecular flexibility index (Phi) is 5.15. The minimum atomic E-state index is -0.165. The average molecular weight is 240 g/mol. The van der Waals surface area contributed by atoms with E-state index in [0.717, 1.165) is 25.8 Å². The van der Waals surface area contributed by atoms with E-state index in [2.05, 4.69) is 6.58 Å². The second-order valence-electron chi connectivity index (χ2n) is 5.31. The molecule has 0 unspecified atom stereocenters. The van der Waals surface area contributed by atoms with E-state index in [4.69, 9.17) is 0 Å². The van der Waals surface area contributed by atoms with Gasteiger partial charge in [-0.25, -0.2) is 0 Å². The summed E-state index contributed by atoms with van der Waals surface area (Å²) in [6, 6.07) is 0. The number of rotatable bonds is 5. The molecule has 1 N–H and O–H groups in total. The zero-order chi connectivity index (χ0) is 12.9. The molecule has 0 radical (unpaired) electrons. The molecule has 1 aliphatic heterocycles. The number of allylic oxidation sites excluding steroid dienone is 1. The van der Waals surface area contributed by atoms with Crippen LogP contribution in [0.4, 0.5) is 0 Å². The minimum absolute atomic E-state index is 0.130. The summed E-state index contributed by atoms with van der Waals surface area (Å²) in [6.07, 6.45) is 4.56. The molecule has 0 aromatic carbocycles. The first-order valence-corrected chi connectivity index (χ1v) is 6.17. The van der Waals surface area contributed by atoms with Gasteiger partial charge in [0.1, 0.15) is 0 Å². The van der Waals surface area contributed by atoms with E-state index in [1.54, 1.807) is 0 Å². The number of aliphatic hydroxyl groups is 1. The quantitative estimate of drug-likeness (QED) is 0.720. The summed E-state index contributed by atoms with van der Waals surface area (Å²) in [5.41, 5.74) is -0.165. The van der Waals surface area contributed by atoms with Gasteiger partial charge in [0, 0.05) is 18.5 Å². The highest BCUT2D eigenvalue weighted by Crippen LogP contribution is 2.33. The maximum absolute atomic E-state index is 12.0. The van der Waals surface area contributed by atoms with Crippen LogP contribution in [0.2, 0.25) is 0 Å². The third kappa shape index (κ3) is 3.82. The van der Waals surface area contributed by atoms with Crippen LogP contribution < -0.4 is 0 Å². The van der Waals surface area contributed by atoms with Gasteiger partial charge in [0.15, 0.2) is 0 Å². The SMILES string of the molecule is C=CC[C@@]1(CO)CCCN(C(=O)CN(C)C)C1. The number of likely N-dealkylation sites (N-methyl/N-ethyl adjacent to an activating group) is 1. The zero-order valence-corrected chi connectivity index (χ0v) is 11.0. The van der Waals surface area contributed by atoms with Crippen molar-refractivity contribution in [2.75, 3.05) is 40.3 Å². The molecule has 98 valence electrons. The van der Waals surface area contributed by atoms with E-state index < -0.39 is 0 Å². The first-order valence-electron chi connectivity index (χ1n) is 6.17. The zero-order valence-electron chi connectivity index (χ0n) is 11.0. The summed E-state index contributed by atoms with van der Waals surface area (Å²) in [6.45, 7) is 5.78. The molecule has 17 heavy (non-hydrogen) atoms. The molecule has 1 aliphatic rings. The van der Waals surface area contributed by atoms with Crippen LogP contribution in [-0.2, 0) is 4.79 Å². The van der Waals surface area contributed by atoms with Gasteiger partial charge in [-0.15, -0.1) is 6.58 Å². The summed E-state index contributed by atoms with van der Waals surface area (Å²) >= 11 is 0. The number of piperidine rings is 1. The lowest BCUT2D eigenvalue weighted by atomic mass is 9.78. The van der Waals surface area contributed by atoms with E-state index in [-0.39, 0.29) is 17.9 Å². The molecule has 1 heterocycles. The third-order valence-corrected chi connectivity index (χ3v) is 3.38. The van der Waals surface area contributed by atoms with Crippen LogP contribution in [-0.4, -0.2) is 61.2 Å². The fourth-order valence-electron chi connectivity index (χ4n) is 2.46. The Bertz CT molecular complexity index is 279. The highest BCUT2D eigenvalue weighted by atomic mass is 16.3. The predicted molar refractivity (Wildman–Crippen MR) is 68.7 cm³/mol. The molecule has 1 amide bonds. The van der Waals surface area contributed by atoms with Crippen molar-refractivity contribution < 1.29 is 9.90 Å². The lowest BCUT2D eigenvalue weighted by molar-refractivity contribution is -0.136. The molecule has 4 heteroatoms. The summed E-state index contributed by atoms with van der Waals surface area (Å²) in [5, 5.41) is 9.56. The third-order valence-electron chi connectivity index (χ3n) is 3.38. The molecule has 0 aromatic rings. The van der Waals surface area contributed by atoms with Gasteiger partial charge in [-0.2, -0.15) is 0 Å². The largest absolute Gasteiger partial charge is 0.396 e. The van der Waals surface area contributed by atoms with Crippen LogP contribution in [0.3, 0.4) is 0 Å². The van der Waals surface area contributed by atoms with Crippen LogP contribution >= 0.6 is 0 Å². The Morgan fingerprint density at radius 3 is 2.82 bits per heavy atom. The predicted octanol–water partition coefficient (Wildman–Crippen LogP) is 0.725. The van der Waals surface area contributed by atoms with Gasteiger partial charge in [-0.05, 0) is 33.4 Å². The second kappa shape index (κ2) is 6.17. The molecule has 0 bridgehead atoms. The fourth-order valence-corrected chi connectivity index (χ4v) is 2.46. The Balaban J connectivity index is 2.64. The van der Waals surface area contributed by atoms with Gasteiger partial charge in [-0.3, -0.25) is 4.79 Å². The van der Waals surface area contributed by atoms with Gasteiger partial charge in [-0.1, -0.05) is 6.08 Å². The first-order chi connectivity index (χ1) is 8.03. The summed E-state index contributed by atoms with van der Waals surface area (Å²) in [5.74, 6) is 0.150. The van der Waals surface area contributed by atoms with Crippen LogP contribution in [0.15, 0.2) is 12.7 Å². The second-order valence-corrected chi connectivity index (χ2v) is 5.31. The van der Waals surface area contributed by atoms with Gasteiger partial charge >= 0.3 is 0 Å². The maximum Gasteiger partial charge on any atom is 0.236 e. The molecular formula is C13H24N2O2. The van der Waals surface area contributed by atoms with Crippen molar-refractivity contribution >= 4 is 5.91 Å². The maximum atomic E-state index is 12.0. The number of hydrogen-bond donors (Lipinski definition) is 1. The van der Waals surface area contributed by atoms with Crippen molar-refractivity contribution in [1.82, 2.24) is 9.80 Å².